The topological polar surface area (TPSA) is 75.4 Å². The third-order valence-corrected chi connectivity index (χ3v) is 3.55. The van der Waals surface area contributed by atoms with E-state index in [1.165, 1.54) is 11.3 Å². The third kappa shape index (κ3) is 2.09. The summed E-state index contributed by atoms with van der Waals surface area (Å²) in [5.41, 5.74) is 1.46. The minimum atomic E-state index is -0.943. The normalized spacial score (nSPS) is 12.6. The van der Waals surface area contributed by atoms with E-state index in [2.05, 4.69) is 5.10 Å². The minimum Gasteiger partial charge on any atom is -0.477 e. The largest absolute Gasteiger partial charge is 0.477 e. The molecule has 0 aliphatic carbocycles. The quantitative estimate of drug-likeness (QED) is 0.874. The van der Waals surface area contributed by atoms with Crippen molar-refractivity contribution in [3.05, 3.63) is 28.8 Å². The van der Waals surface area contributed by atoms with E-state index in [9.17, 15) is 9.90 Å². The highest BCUT2D eigenvalue weighted by molar-refractivity contribution is 7.17. The average Bonchev–Trinajstić information content (AvgIpc) is 2.82. The zero-order chi connectivity index (χ0) is 12.6. The standard InChI is InChI=1S/C11H12N2O3S/c1-6(14)7-5-12-13(2)10(7)8-3-4-9(17-8)11(15)16/h3-6,14H,1-2H3,(H,15,16). The molecule has 0 saturated heterocycles. The monoisotopic (exact) mass is 252 g/mol. The molecule has 2 heterocycles. The van der Waals surface area contributed by atoms with Crippen LogP contribution in [-0.2, 0) is 7.05 Å². The van der Waals surface area contributed by atoms with E-state index in [-0.39, 0.29) is 4.88 Å². The van der Waals surface area contributed by atoms with Crippen LogP contribution in [0.3, 0.4) is 0 Å². The number of rotatable bonds is 3. The van der Waals surface area contributed by atoms with Crippen LogP contribution in [0.1, 0.15) is 28.3 Å². The van der Waals surface area contributed by atoms with Gasteiger partial charge in [0.15, 0.2) is 0 Å². The van der Waals surface area contributed by atoms with Gasteiger partial charge < -0.3 is 10.2 Å². The van der Waals surface area contributed by atoms with Gasteiger partial charge in [0.1, 0.15) is 4.88 Å². The average molecular weight is 252 g/mol. The van der Waals surface area contributed by atoms with E-state index in [4.69, 9.17) is 5.11 Å². The van der Waals surface area contributed by atoms with Crippen molar-refractivity contribution in [2.24, 2.45) is 7.05 Å². The van der Waals surface area contributed by atoms with Gasteiger partial charge in [0.25, 0.3) is 0 Å². The fourth-order valence-corrected chi connectivity index (χ4v) is 2.59. The maximum absolute atomic E-state index is 10.8. The van der Waals surface area contributed by atoms with Crippen LogP contribution >= 0.6 is 11.3 Å². The summed E-state index contributed by atoms with van der Waals surface area (Å²) in [5, 5.41) is 22.6. The van der Waals surface area contributed by atoms with E-state index >= 15 is 0 Å². The highest BCUT2D eigenvalue weighted by Gasteiger charge is 2.17. The molecular weight excluding hydrogens is 240 g/mol. The highest BCUT2D eigenvalue weighted by atomic mass is 32.1. The molecule has 0 amide bonds. The fraction of sp³-hybridized carbons (Fsp3) is 0.273. The van der Waals surface area contributed by atoms with Gasteiger partial charge in [-0.05, 0) is 19.1 Å². The number of hydrogen-bond donors (Lipinski definition) is 2. The Hall–Kier alpha value is -1.66. The van der Waals surface area contributed by atoms with Crippen LogP contribution < -0.4 is 0 Å². The summed E-state index contributed by atoms with van der Waals surface area (Å²) in [7, 11) is 1.77. The zero-order valence-corrected chi connectivity index (χ0v) is 10.2. The minimum absolute atomic E-state index is 0.276. The van der Waals surface area contributed by atoms with Crippen LogP contribution in [0.4, 0.5) is 0 Å². The van der Waals surface area contributed by atoms with Crippen LogP contribution in [0, 0.1) is 0 Å². The molecule has 2 rings (SSSR count). The Morgan fingerprint density at radius 1 is 1.53 bits per heavy atom. The Labute approximate surface area is 102 Å². The second kappa shape index (κ2) is 4.31. The number of nitrogens with zero attached hydrogens (tertiary/aromatic N) is 2. The summed E-state index contributed by atoms with van der Waals surface area (Å²) < 4.78 is 1.64. The molecule has 1 atom stereocenters. The predicted octanol–water partition coefficient (Wildman–Crippen LogP) is 1.90. The SMILES string of the molecule is CC(O)c1cnn(C)c1-c1ccc(C(=O)O)s1. The number of carboxylic acid groups (broad SMARTS) is 1. The summed E-state index contributed by atoms with van der Waals surface area (Å²) in [5.74, 6) is -0.943. The van der Waals surface area contributed by atoms with E-state index in [1.54, 1.807) is 37.0 Å². The zero-order valence-electron chi connectivity index (χ0n) is 9.41. The molecule has 0 radical (unpaired) electrons. The summed E-state index contributed by atoms with van der Waals surface area (Å²) in [6.45, 7) is 1.66. The van der Waals surface area contributed by atoms with E-state index in [1.807, 2.05) is 0 Å². The van der Waals surface area contributed by atoms with Crippen LogP contribution in [0.5, 0.6) is 0 Å². The van der Waals surface area contributed by atoms with Gasteiger partial charge in [-0.2, -0.15) is 5.10 Å². The molecule has 1 unspecified atom stereocenters. The lowest BCUT2D eigenvalue weighted by Crippen LogP contribution is -1.96. The molecule has 2 aromatic rings. The molecule has 2 aromatic heterocycles. The first kappa shape index (κ1) is 11.8. The fourth-order valence-electron chi connectivity index (χ4n) is 1.64. The number of aliphatic hydroxyl groups excluding tert-OH is 1. The second-order valence-corrected chi connectivity index (χ2v) is 4.80. The molecule has 0 aliphatic rings. The van der Waals surface area contributed by atoms with Gasteiger partial charge in [0.05, 0.1) is 22.9 Å². The molecule has 90 valence electrons. The maximum Gasteiger partial charge on any atom is 0.345 e. The molecule has 0 fully saturated rings. The van der Waals surface area contributed by atoms with Crippen molar-refractivity contribution in [1.82, 2.24) is 9.78 Å². The number of hydrogen-bond acceptors (Lipinski definition) is 4. The van der Waals surface area contributed by atoms with Crippen molar-refractivity contribution in [2.45, 2.75) is 13.0 Å². The van der Waals surface area contributed by atoms with Gasteiger partial charge >= 0.3 is 5.97 Å². The van der Waals surface area contributed by atoms with Crippen LogP contribution in [-0.4, -0.2) is 26.0 Å². The predicted molar refractivity (Wildman–Crippen MR) is 64.1 cm³/mol. The number of aliphatic hydroxyl groups is 1. The molecule has 0 spiro atoms. The summed E-state index contributed by atoms with van der Waals surface area (Å²) in [4.78, 5) is 11.9. The van der Waals surface area contributed by atoms with Crippen molar-refractivity contribution in [1.29, 1.82) is 0 Å². The van der Waals surface area contributed by atoms with Crippen molar-refractivity contribution in [2.75, 3.05) is 0 Å². The van der Waals surface area contributed by atoms with Gasteiger partial charge in [-0.1, -0.05) is 0 Å². The number of carbonyl (C=O) groups is 1. The second-order valence-electron chi connectivity index (χ2n) is 3.72. The number of aromatic nitrogens is 2. The highest BCUT2D eigenvalue weighted by Crippen LogP contribution is 2.32. The van der Waals surface area contributed by atoms with Crippen molar-refractivity contribution >= 4 is 17.3 Å². The van der Waals surface area contributed by atoms with E-state index in [0.29, 0.717) is 5.56 Å². The third-order valence-electron chi connectivity index (χ3n) is 2.47. The Balaban J connectivity index is 2.51. The van der Waals surface area contributed by atoms with Crippen molar-refractivity contribution in [3.63, 3.8) is 0 Å². The Bertz CT molecular complexity index is 557. The van der Waals surface area contributed by atoms with E-state index in [0.717, 1.165) is 10.6 Å². The number of aromatic carboxylic acids is 1. The lowest BCUT2D eigenvalue weighted by molar-refractivity contribution is 0.0702. The first-order valence-corrected chi connectivity index (χ1v) is 5.86. The first-order valence-electron chi connectivity index (χ1n) is 5.04. The maximum atomic E-state index is 10.8. The van der Waals surface area contributed by atoms with Crippen LogP contribution in [0.25, 0.3) is 10.6 Å². The van der Waals surface area contributed by atoms with E-state index < -0.39 is 12.1 Å². The van der Waals surface area contributed by atoms with Gasteiger partial charge in [0.2, 0.25) is 0 Å². The molecule has 17 heavy (non-hydrogen) atoms. The molecule has 0 saturated carbocycles. The molecule has 6 heteroatoms. The molecular formula is C11H12N2O3S. The molecule has 0 aliphatic heterocycles. The molecule has 0 aromatic carbocycles. The lowest BCUT2D eigenvalue weighted by Gasteiger charge is -2.05. The van der Waals surface area contributed by atoms with Crippen molar-refractivity contribution in [3.8, 4) is 10.6 Å². The molecule has 2 N–H and O–H groups in total. The molecule has 0 bridgehead atoms. The Morgan fingerprint density at radius 2 is 2.24 bits per heavy atom. The number of carboxylic acids is 1. The Morgan fingerprint density at radius 3 is 2.76 bits per heavy atom. The van der Waals surface area contributed by atoms with Gasteiger partial charge in [-0.3, -0.25) is 4.68 Å². The van der Waals surface area contributed by atoms with Crippen molar-refractivity contribution < 1.29 is 15.0 Å². The van der Waals surface area contributed by atoms with Crippen LogP contribution in [0.2, 0.25) is 0 Å². The lowest BCUT2D eigenvalue weighted by atomic mass is 10.1. The number of aryl methyl sites for hydroxylation is 1. The summed E-state index contributed by atoms with van der Waals surface area (Å²) >= 11 is 1.17. The van der Waals surface area contributed by atoms with Gasteiger partial charge in [-0.25, -0.2) is 4.79 Å². The summed E-state index contributed by atoms with van der Waals surface area (Å²) in [6, 6.07) is 3.29. The van der Waals surface area contributed by atoms with Gasteiger partial charge in [0, 0.05) is 12.6 Å². The number of thiophene rings is 1. The van der Waals surface area contributed by atoms with Gasteiger partial charge in [-0.15, -0.1) is 11.3 Å². The summed E-state index contributed by atoms with van der Waals surface area (Å²) in [6.07, 6.45) is 0.967. The first-order chi connectivity index (χ1) is 8.00. The Kier molecular flexibility index (Phi) is 2.99. The smallest absolute Gasteiger partial charge is 0.345 e. The van der Waals surface area contributed by atoms with Crippen LogP contribution in [0.15, 0.2) is 18.3 Å². The molecule has 5 nitrogen and oxygen atoms in total.